The second-order valence-corrected chi connectivity index (χ2v) is 7.23. The SMILES string of the molecule is CCCCOC(=O)c1ccc(NS(=O)(=O)c2cnn(CC)c2C)cc1. The number of ether oxygens (including phenoxy) is 1. The number of hydrogen-bond acceptors (Lipinski definition) is 5. The Bertz CT molecular complexity index is 826. The largest absolute Gasteiger partial charge is 0.462 e. The number of carbonyl (C=O) groups is 1. The molecule has 0 fully saturated rings. The fourth-order valence-corrected chi connectivity index (χ4v) is 3.53. The van der Waals surface area contributed by atoms with Gasteiger partial charge in [-0.15, -0.1) is 0 Å². The summed E-state index contributed by atoms with van der Waals surface area (Å²) in [5.74, 6) is -0.414. The number of nitrogens with zero attached hydrogens (tertiary/aromatic N) is 2. The van der Waals surface area contributed by atoms with Crippen molar-refractivity contribution in [1.82, 2.24) is 9.78 Å². The number of rotatable bonds is 8. The van der Waals surface area contributed by atoms with E-state index in [1.807, 2.05) is 13.8 Å². The first kappa shape index (κ1) is 19.0. The van der Waals surface area contributed by atoms with Crippen LogP contribution in [0.1, 0.15) is 42.7 Å². The zero-order valence-corrected chi connectivity index (χ0v) is 15.5. The van der Waals surface area contributed by atoms with E-state index in [-0.39, 0.29) is 4.90 Å². The average Bonchev–Trinajstić information content (AvgIpc) is 2.97. The maximum atomic E-state index is 12.5. The van der Waals surface area contributed by atoms with Crippen LogP contribution >= 0.6 is 0 Å². The van der Waals surface area contributed by atoms with Gasteiger partial charge in [-0.05, 0) is 44.5 Å². The third kappa shape index (κ3) is 4.60. The average molecular weight is 365 g/mol. The van der Waals surface area contributed by atoms with Crippen LogP contribution in [-0.4, -0.2) is 30.8 Å². The first-order valence-electron chi connectivity index (χ1n) is 8.21. The van der Waals surface area contributed by atoms with Crippen molar-refractivity contribution in [3.63, 3.8) is 0 Å². The van der Waals surface area contributed by atoms with Crippen molar-refractivity contribution in [2.24, 2.45) is 0 Å². The Labute approximate surface area is 148 Å². The minimum Gasteiger partial charge on any atom is -0.462 e. The van der Waals surface area contributed by atoms with E-state index in [2.05, 4.69) is 9.82 Å². The van der Waals surface area contributed by atoms with Gasteiger partial charge in [0.1, 0.15) is 4.90 Å². The molecule has 1 aromatic carbocycles. The summed E-state index contributed by atoms with van der Waals surface area (Å²) in [7, 11) is -3.73. The van der Waals surface area contributed by atoms with Gasteiger partial charge in [0.2, 0.25) is 0 Å². The highest BCUT2D eigenvalue weighted by atomic mass is 32.2. The molecule has 7 nitrogen and oxygen atoms in total. The topological polar surface area (TPSA) is 90.3 Å². The molecule has 8 heteroatoms. The molecule has 1 N–H and O–H groups in total. The van der Waals surface area contributed by atoms with E-state index in [4.69, 9.17) is 4.74 Å². The number of hydrogen-bond donors (Lipinski definition) is 1. The fourth-order valence-electron chi connectivity index (χ4n) is 2.29. The van der Waals surface area contributed by atoms with Crippen molar-refractivity contribution >= 4 is 21.7 Å². The minimum absolute atomic E-state index is 0.136. The van der Waals surface area contributed by atoms with Crippen LogP contribution < -0.4 is 4.72 Å². The lowest BCUT2D eigenvalue weighted by molar-refractivity contribution is 0.0500. The molecule has 0 saturated carbocycles. The molecule has 1 heterocycles. The molecule has 0 spiro atoms. The Morgan fingerprint density at radius 2 is 1.92 bits per heavy atom. The van der Waals surface area contributed by atoms with E-state index < -0.39 is 16.0 Å². The number of carbonyl (C=O) groups excluding carboxylic acids is 1. The summed E-state index contributed by atoms with van der Waals surface area (Å²) in [4.78, 5) is 12.0. The predicted octanol–water partition coefficient (Wildman–Crippen LogP) is 2.97. The monoisotopic (exact) mass is 365 g/mol. The summed E-state index contributed by atoms with van der Waals surface area (Å²) in [6, 6.07) is 6.14. The van der Waals surface area contributed by atoms with Gasteiger partial charge in [0.25, 0.3) is 10.0 Å². The van der Waals surface area contributed by atoms with E-state index in [0.29, 0.717) is 30.1 Å². The highest BCUT2D eigenvalue weighted by molar-refractivity contribution is 7.92. The Morgan fingerprint density at radius 3 is 2.48 bits per heavy atom. The van der Waals surface area contributed by atoms with Gasteiger partial charge in [-0.3, -0.25) is 9.40 Å². The normalized spacial score (nSPS) is 11.3. The van der Waals surface area contributed by atoms with Crippen LogP contribution in [0.3, 0.4) is 0 Å². The van der Waals surface area contributed by atoms with Crippen molar-refractivity contribution in [2.45, 2.75) is 45.1 Å². The molecule has 1 aromatic heterocycles. The lowest BCUT2D eigenvalue weighted by atomic mass is 10.2. The van der Waals surface area contributed by atoms with E-state index in [9.17, 15) is 13.2 Å². The van der Waals surface area contributed by atoms with Crippen LogP contribution in [0.2, 0.25) is 0 Å². The van der Waals surface area contributed by atoms with Crippen LogP contribution in [0.15, 0.2) is 35.4 Å². The van der Waals surface area contributed by atoms with Crippen molar-refractivity contribution in [3.8, 4) is 0 Å². The lowest BCUT2D eigenvalue weighted by Gasteiger charge is -2.09. The molecule has 2 rings (SSSR count). The van der Waals surface area contributed by atoms with Gasteiger partial charge in [-0.25, -0.2) is 13.2 Å². The molecule has 0 amide bonds. The smallest absolute Gasteiger partial charge is 0.338 e. The minimum atomic E-state index is -3.73. The molecule has 2 aromatic rings. The van der Waals surface area contributed by atoms with Crippen molar-refractivity contribution in [2.75, 3.05) is 11.3 Å². The molecule has 0 bridgehead atoms. The van der Waals surface area contributed by atoms with Crippen LogP contribution in [0, 0.1) is 6.92 Å². The number of aromatic nitrogens is 2. The first-order valence-corrected chi connectivity index (χ1v) is 9.69. The number of nitrogens with one attached hydrogen (secondary N) is 1. The number of benzene rings is 1. The van der Waals surface area contributed by atoms with E-state index in [1.165, 1.54) is 30.5 Å². The molecule has 0 aliphatic rings. The fraction of sp³-hybridized carbons (Fsp3) is 0.412. The van der Waals surface area contributed by atoms with Gasteiger partial charge in [-0.2, -0.15) is 5.10 Å². The molecule has 0 unspecified atom stereocenters. The number of sulfonamides is 1. The number of esters is 1. The number of anilines is 1. The van der Waals surface area contributed by atoms with Crippen molar-refractivity contribution in [3.05, 3.63) is 41.7 Å². The van der Waals surface area contributed by atoms with Gasteiger partial charge in [-0.1, -0.05) is 13.3 Å². The van der Waals surface area contributed by atoms with Gasteiger partial charge in [0.05, 0.1) is 24.1 Å². The van der Waals surface area contributed by atoms with Gasteiger partial charge >= 0.3 is 5.97 Å². The molecule has 0 aliphatic carbocycles. The Morgan fingerprint density at radius 1 is 1.24 bits per heavy atom. The summed E-state index contributed by atoms with van der Waals surface area (Å²) in [5.41, 5.74) is 1.33. The molecule has 0 aliphatic heterocycles. The standard InChI is InChI=1S/C17H23N3O4S/c1-4-6-11-24-17(21)14-7-9-15(10-8-14)19-25(22,23)16-12-18-20(5-2)13(16)3/h7-10,12,19H,4-6,11H2,1-3H3. The van der Waals surface area contributed by atoms with Crippen LogP contribution in [0.25, 0.3) is 0 Å². The second kappa shape index (κ2) is 8.15. The maximum absolute atomic E-state index is 12.5. The summed E-state index contributed by atoms with van der Waals surface area (Å²) in [5, 5.41) is 4.05. The Balaban J connectivity index is 2.09. The summed E-state index contributed by atoms with van der Waals surface area (Å²) >= 11 is 0. The first-order chi connectivity index (χ1) is 11.9. The maximum Gasteiger partial charge on any atom is 0.338 e. The van der Waals surface area contributed by atoms with Gasteiger partial charge in [0.15, 0.2) is 0 Å². The highest BCUT2D eigenvalue weighted by Gasteiger charge is 2.20. The van der Waals surface area contributed by atoms with Crippen LogP contribution in [0.4, 0.5) is 5.69 Å². The summed E-state index contributed by atoms with van der Waals surface area (Å²) in [6.45, 7) is 6.59. The summed E-state index contributed by atoms with van der Waals surface area (Å²) < 4.78 is 34.2. The van der Waals surface area contributed by atoms with Crippen molar-refractivity contribution in [1.29, 1.82) is 0 Å². The molecule has 0 radical (unpaired) electrons. The molecule has 136 valence electrons. The van der Waals surface area contributed by atoms with Gasteiger partial charge < -0.3 is 4.74 Å². The third-order valence-electron chi connectivity index (χ3n) is 3.75. The lowest BCUT2D eigenvalue weighted by Crippen LogP contribution is -2.14. The molecular formula is C17H23N3O4S. The second-order valence-electron chi connectivity index (χ2n) is 5.58. The van der Waals surface area contributed by atoms with Crippen molar-refractivity contribution < 1.29 is 17.9 Å². The Hall–Kier alpha value is -2.35. The quantitative estimate of drug-likeness (QED) is 0.574. The summed E-state index contributed by atoms with van der Waals surface area (Å²) in [6.07, 6.45) is 3.09. The molecule has 0 saturated heterocycles. The van der Waals surface area contributed by atoms with Crippen LogP contribution in [-0.2, 0) is 21.3 Å². The number of aryl methyl sites for hydroxylation is 1. The molecule has 0 atom stereocenters. The zero-order valence-electron chi connectivity index (χ0n) is 14.7. The van der Waals surface area contributed by atoms with E-state index >= 15 is 0 Å². The number of unbranched alkanes of at least 4 members (excludes halogenated alkanes) is 1. The van der Waals surface area contributed by atoms with E-state index in [1.54, 1.807) is 11.6 Å². The van der Waals surface area contributed by atoms with Gasteiger partial charge in [0, 0.05) is 12.2 Å². The predicted molar refractivity (Wildman–Crippen MR) is 95.1 cm³/mol. The Kier molecular flexibility index (Phi) is 6.19. The molecule has 25 heavy (non-hydrogen) atoms. The van der Waals surface area contributed by atoms with Crippen LogP contribution in [0.5, 0.6) is 0 Å². The highest BCUT2D eigenvalue weighted by Crippen LogP contribution is 2.19. The molecular weight excluding hydrogens is 342 g/mol. The third-order valence-corrected chi connectivity index (χ3v) is 5.24. The van der Waals surface area contributed by atoms with E-state index in [0.717, 1.165) is 12.8 Å². The zero-order chi connectivity index (χ0) is 18.4.